The maximum Gasteiger partial charge on any atom is 0.268 e. The number of quaternary nitrogens is 1. The molecule has 2 N–H and O–H groups in total. The molecule has 0 saturated carbocycles. The van der Waals surface area contributed by atoms with Crippen LogP contribution in [0.1, 0.15) is 399 Å². The van der Waals surface area contributed by atoms with Gasteiger partial charge in [0.1, 0.15) is 13.2 Å². The minimum Gasteiger partial charge on any atom is -0.756 e. The maximum atomic E-state index is 13.1. The number of nitrogens with zero attached hydrogens (tertiary/aromatic N) is 1. The van der Waals surface area contributed by atoms with Gasteiger partial charge in [0.25, 0.3) is 7.82 Å². The van der Waals surface area contributed by atoms with Gasteiger partial charge in [-0.15, -0.1) is 0 Å². The van der Waals surface area contributed by atoms with E-state index in [0.717, 1.165) is 38.5 Å². The van der Waals surface area contributed by atoms with E-state index in [4.69, 9.17) is 9.05 Å². The number of rotatable bonds is 72. The van der Waals surface area contributed by atoms with Gasteiger partial charge < -0.3 is 28.8 Å². The Balaban J connectivity index is 3.96. The van der Waals surface area contributed by atoms with E-state index in [1.807, 2.05) is 27.2 Å². The first-order valence-corrected chi connectivity index (χ1v) is 39.8. The number of hydrogen-bond acceptors (Lipinski definition) is 6. The Hall–Kier alpha value is -1.28. The Bertz CT molecular complexity index is 1500. The van der Waals surface area contributed by atoms with Gasteiger partial charge in [-0.1, -0.05) is 371 Å². The molecule has 0 aliphatic carbocycles. The highest BCUT2D eigenvalue weighted by Crippen LogP contribution is 2.38. The van der Waals surface area contributed by atoms with E-state index in [9.17, 15) is 19.4 Å². The Morgan fingerprint density at radius 2 is 0.651 bits per heavy atom. The Kier molecular flexibility index (Phi) is 67.1. The van der Waals surface area contributed by atoms with Gasteiger partial charge in [-0.25, -0.2) is 0 Å². The van der Waals surface area contributed by atoms with E-state index in [-0.39, 0.29) is 19.1 Å². The monoisotopic (exact) mass is 1230 g/mol. The van der Waals surface area contributed by atoms with Gasteiger partial charge in [0.2, 0.25) is 5.91 Å². The first-order valence-electron chi connectivity index (χ1n) is 38.4. The van der Waals surface area contributed by atoms with Crippen molar-refractivity contribution in [2.45, 2.75) is 411 Å². The molecule has 0 fully saturated rings. The van der Waals surface area contributed by atoms with Crippen LogP contribution >= 0.6 is 7.82 Å². The Morgan fingerprint density at radius 3 is 0.942 bits per heavy atom. The fourth-order valence-corrected chi connectivity index (χ4v) is 12.6. The van der Waals surface area contributed by atoms with Crippen LogP contribution < -0.4 is 10.2 Å². The molecule has 0 heterocycles. The number of unbranched alkanes of at least 4 members (excludes halogenated alkanes) is 55. The molecule has 0 aliphatic heterocycles. The first-order chi connectivity index (χ1) is 42.0. The van der Waals surface area contributed by atoms with Crippen LogP contribution in [0.4, 0.5) is 0 Å². The third-order valence-corrected chi connectivity index (χ3v) is 18.8. The molecule has 3 unspecified atom stereocenters. The van der Waals surface area contributed by atoms with E-state index < -0.39 is 20.0 Å². The molecule has 0 bridgehead atoms. The fraction of sp³-hybridized carbons (Fsp3) is 0.909. The van der Waals surface area contributed by atoms with Crippen molar-refractivity contribution in [1.82, 2.24) is 5.32 Å². The van der Waals surface area contributed by atoms with Gasteiger partial charge in [0.05, 0.1) is 39.9 Å². The molecule has 86 heavy (non-hydrogen) atoms. The summed E-state index contributed by atoms with van der Waals surface area (Å²) in [4.78, 5) is 25.7. The Morgan fingerprint density at radius 1 is 0.395 bits per heavy atom. The summed E-state index contributed by atoms with van der Waals surface area (Å²) in [6.45, 7) is 4.70. The summed E-state index contributed by atoms with van der Waals surface area (Å²) in [7, 11) is 1.26. The van der Waals surface area contributed by atoms with Crippen LogP contribution in [0, 0.1) is 0 Å². The largest absolute Gasteiger partial charge is 0.756 e. The summed E-state index contributed by atoms with van der Waals surface area (Å²) < 4.78 is 23.5. The molecule has 0 saturated heterocycles. The third-order valence-electron chi connectivity index (χ3n) is 17.8. The molecular formula is C77H151N2O6P. The third kappa shape index (κ3) is 70.2. The van der Waals surface area contributed by atoms with Gasteiger partial charge in [-0.3, -0.25) is 9.36 Å². The highest BCUT2D eigenvalue weighted by Gasteiger charge is 2.23. The number of aliphatic hydroxyl groups excluding tert-OH is 1. The lowest BCUT2D eigenvalue weighted by Crippen LogP contribution is -2.45. The molecule has 510 valence electrons. The van der Waals surface area contributed by atoms with Crippen molar-refractivity contribution >= 4 is 13.7 Å². The first kappa shape index (κ1) is 84.7. The average molecular weight is 1230 g/mol. The quantitative estimate of drug-likeness (QED) is 0.0272. The van der Waals surface area contributed by atoms with Crippen molar-refractivity contribution < 1.29 is 32.9 Å². The maximum absolute atomic E-state index is 13.1. The summed E-state index contributed by atoms with van der Waals surface area (Å²) in [5.74, 6) is -0.199. The second kappa shape index (κ2) is 68.1. The molecule has 0 rings (SSSR count). The van der Waals surface area contributed by atoms with Crippen LogP contribution in [0.15, 0.2) is 36.5 Å². The molecule has 3 atom stereocenters. The zero-order valence-corrected chi connectivity index (χ0v) is 59.4. The smallest absolute Gasteiger partial charge is 0.268 e. The second-order valence-electron chi connectivity index (χ2n) is 27.7. The molecule has 8 nitrogen and oxygen atoms in total. The van der Waals surface area contributed by atoms with Crippen LogP contribution in [-0.2, 0) is 18.4 Å². The molecule has 0 aromatic carbocycles. The molecule has 1 amide bonds. The predicted octanol–water partition coefficient (Wildman–Crippen LogP) is 24.2. The number of carbonyl (C=O) groups is 1. The van der Waals surface area contributed by atoms with Crippen molar-refractivity contribution in [3.05, 3.63) is 36.5 Å². The standard InChI is InChI=1S/C77H151N2O6P/c1-6-8-10-12-14-16-18-20-22-24-26-28-30-32-33-34-35-36-37-38-39-40-41-42-43-44-45-47-49-51-53-55-57-59-61-63-65-67-69-71-77(81)78-75(74-85-86(82,83)84-73-72-79(3,4)5)76(80)70-68-66-64-62-60-58-56-54-52-50-48-46-31-29-27-25-23-21-19-17-15-13-11-9-7-2/h38-39,60,62,68,70,75-76,80H,6-37,40-59,61,63-67,69,71-74H2,1-5H3,(H-,78,81,82,83)/b39-38-,62-60+,70-68+. The number of phosphoric ester groups is 1. The van der Waals surface area contributed by atoms with Gasteiger partial charge >= 0.3 is 0 Å². The van der Waals surface area contributed by atoms with E-state index in [0.29, 0.717) is 17.4 Å². The number of amides is 1. The normalized spacial score (nSPS) is 13.7. The lowest BCUT2D eigenvalue weighted by atomic mass is 10.0. The second-order valence-corrected chi connectivity index (χ2v) is 29.1. The zero-order chi connectivity index (χ0) is 62.6. The molecule has 0 aromatic rings. The van der Waals surface area contributed by atoms with Crippen molar-refractivity contribution in [1.29, 1.82) is 0 Å². The molecule has 0 aliphatic rings. The van der Waals surface area contributed by atoms with Crippen molar-refractivity contribution in [3.8, 4) is 0 Å². The summed E-state index contributed by atoms with van der Waals surface area (Å²) >= 11 is 0. The van der Waals surface area contributed by atoms with Crippen LogP contribution in [0.25, 0.3) is 0 Å². The number of nitrogens with one attached hydrogen (secondary N) is 1. The van der Waals surface area contributed by atoms with Crippen LogP contribution in [0.3, 0.4) is 0 Å². The molecule has 0 radical (unpaired) electrons. The van der Waals surface area contributed by atoms with Crippen LogP contribution in [-0.4, -0.2) is 68.5 Å². The molecular weight excluding hydrogens is 1080 g/mol. The lowest BCUT2D eigenvalue weighted by molar-refractivity contribution is -0.870. The van der Waals surface area contributed by atoms with Gasteiger partial charge in [0, 0.05) is 6.42 Å². The van der Waals surface area contributed by atoms with Crippen molar-refractivity contribution in [2.24, 2.45) is 0 Å². The molecule has 9 heteroatoms. The van der Waals surface area contributed by atoms with Gasteiger partial charge in [0.15, 0.2) is 0 Å². The molecule has 0 aromatic heterocycles. The highest BCUT2D eigenvalue weighted by atomic mass is 31.2. The summed E-state index contributed by atoms with van der Waals surface area (Å²) in [5, 5.41) is 14.0. The highest BCUT2D eigenvalue weighted by molar-refractivity contribution is 7.45. The zero-order valence-electron chi connectivity index (χ0n) is 58.5. The number of carbonyl (C=O) groups excluding carboxylic acids is 1. The number of aliphatic hydroxyl groups is 1. The summed E-state index contributed by atoms with van der Waals surface area (Å²) in [5.41, 5.74) is 0. The minimum atomic E-state index is -4.61. The van der Waals surface area contributed by atoms with E-state index in [2.05, 4.69) is 43.5 Å². The molecule has 0 spiro atoms. The van der Waals surface area contributed by atoms with Crippen molar-refractivity contribution in [3.63, 3.8) is 0 Å². The van der Waals surface area contributed by atoms with E-state index in [1.165, 1.54) is 340 Å². The summed E-state index contributed by atoms with van der Waals surface area (Å²) in [6.07, 6.45) is 91.7. The van der Waals surface area contributed by atoms with E-state index >= 15 is 0 Å². The summed E-state index contributed by atoms with van der Waals surface area (Å²) in [6, 6.07) is -0.904. The number of likely N-dealkylation sites (N-methyl/N-ethyl adjacent to an activating group) is 1. The fourth-order valence-electron chi connectivity index (χ4n) is 11.9. The van der Waals surface area contributed by atoms with E-state index in [1.54, 1.807) is 6.08 Å². The van der Waals surface area contributed by atoms with Gasteiger partial charge in [-0.05, 0) is 57.8 Å². The minimum absolute atomic E-state index is 0.00457. The number of phosphoric acid groups is 1. The van der Waals surface area contributed by atoms with Crippen LogP contribution in [0.5, 0.6) is 0 Å². The SMILES string of the molecule is CCCCCCCCCCCCCCCCCCCC/C=C\CCCCCCCCCCCCCCCCCCCC(=O)NC(COP(=O)([O-])OCC[N+](C)(C)C)C(O)/C=C/CC/C=C/CCCCCCCCCCCCCCCCCCCCC. The number of allylic oxidation sites excluding steroid dienone is 5. The predicted molar refractivity (Wildman–Crippen MR) is 376 cm³/mol. The van der Waals surface area contributed by atoms with Crippen LogP contribution in [0.2, 0.25) is 0 Å². The topological polar surface area (TPSA) is 108 Å². The lowest BCUT2D eigenvalue weighted by Gasteiger charge is -2.29. The van der Waals surface area contributed by atoms with Gasteiger partial charge in [-0.2, -0.15) is 0 Å². The Labute approximate surface area is 537 Å². The number of hydrogen-bond donors (Lipinski definition) is 2. The van der Waals surface area contributed by atoms with Crippen molar-refractivity contribution in [2.75, 3.05) is 40.9 Å². The average Bonchev–Trinajstić information content (AvgIpc) is 3.70.